The minimum Gasteiger partial charge on any atom is -0.349 e. The van der Waals surface area contributed by atoms with Gasteiger partial charge in [-0.3, -0.25) is 9.89 Å². The van der Waals surface area contributed by atoms with Crippen LogP contribution < -0.4 is 5.32 Å². The van der Waals surface area contributed by atoms with E-state index in [-0.39, 0.29) is 29.7 Å². The Kier molecular flexibility index (Phi) is 7.31. The highest BCUT2D eigenvalue weighted by Gasteiger charge is 2.34. The quantitative estimate of drug-likeness (QED) is 0.373. The number of H-pyrrole nitrogens is 1. The third-order valence-corrected chi connectivity index (χ3v) is 7.33. The molecule has 1 amide bonds. The summed E-state index contributed by atoms with van der Waals surface area (Å²) in [5.41, 5.74) is 4.80. The monoisotopic (exact) mass is 516 g/mol. The van der Waals surface area contributed by atoms with Crippen LogP contribution in [0.3, 0.4) is 0 Å². The van der Waals surface area contributed by atoms with Crippen LogP contribution in [0.2, 0.25) is 0 Å². The van der Waals surface area contributed by atoms with Crippen molar-refractivity contribution in [1.29, 1.82) is 0 Å². The van der Waals surface area contributed by atoms with Crippen molar-refractivity contribution in [2.45, 2.75) is 65.3 Å². The molecular formula is C28H33FN8O. The van der Waals surface area contributed by atoms with E-state index in [0.29, 0.717) is 12.2 Å². The number of hydrogen-bond donors (Lipinski definition) is 2. The molecule has 0 saturated heterocycles. The molecule has 198 valence electrons. The average molecular weight is 517 g/mol. The van der Waals surface area contributed by atoms with E-state index in [4.69, 9.17) is 9.97 Å². The van der Waals surface area contributed by atoms with E-state index in [1.165, 1.54) is 10.9 Å². The van der Waals surface area contributed by atoms with Crippen LogP contribution in [-0.4, -0.2) is 40.8 Å². The first kappa shape index (κ1) is 25.7. The van der Waals surface area contributed by atoms with Crippen LogP contribution >= 0.6 is 0 Å². The van der Waals surface area contributed by atoms with Crippen molar-refractivity contribution < 1.29 is 9.18 Å². The molecule has 1 fully saturated rings. The summed E-state index contributed by atoms with van der Waals surface area (Å²) in [6.45, 7) is 8.08. The number of aromatic nitrogens is 7. The Morgan fingerprint density at radius 3 is 2.68 bits per heavy atom. The predicted molar refractivity (Wildman–Crippen MR) is 140 cm³/mol. The van der Waals surface area contributed by atoms with Gasteiger partial charge >= 0.3 is 0 Å². The van der Waals surface area contributed by atoms with E-state index in [2.05, 4.69) is 32.5 Å². The Hall–Kier alpha value is -3.95. The molecule has 10 heteroatoms. The third kappa shape index (κ3) is 5.79. The van der Waals surface area contributed by atoms with Gasteiger partial charge in [0.25, 0.3) is 0 Å². The normalized spacial score (nSPS) is 20.3. The van der Waals surface area contributed by atoms with Gasteiger partial charge in [-0.05, 0) is 69.7 Å². The van der Waals surface area contributed by atoms with E-state index in [9.17, 15) is 9.18 Å². The van der Waals surface area contributed by atoms with E-state index < -0.39 is 5.82 Å². The van der Waals surface area contributed by atoms with Gasteiger partial charge in [0, 0.05) is 35.8 Å². The van der Waals surface area contributed by atoms with Crippen molar-refractivity contribution in [3.63, 3.8) is 0 Å². The second-order valence-electron chi connectivity index (χ2n) is 10.5. The molecular weight excluding hydrogens is 483 g/mol. The number of nitrogens with zero attached hydrogens (tertiary/aromatic N) is 6. The van der Waals surface area contributed by atoms with Crippen LogP contribution in [0.1, 0.15) is 79.2 Å². The lowest BCUT2D eigenvalue weighted by atomic mass is 9.74. The summed E-state index contributed by atoms with van der Waals surface area (Å²) < 4.78 is 14.6. The fourth-order valence-corrected chi connectivity index (χ4v) is 5.32. The number of halogens is 1. The first-order valence-electron chi connectivity index (χ1n) is 13.1. The van der Waals surface area contributed by atoms with Crippen LogP contribution in [0.5, 0.6) is 0 Å². The van der Waals surface area contributed by atoms with Gasteiger partial charge in [-0.15, -0.1) is 0 Å². The Bertz CT molecular complexity index is 1410. The number of nitrogens with one attached hydrogen (secondary N) is 2. The summed E-state index contributed by atoms with van der Waals surface area (Å²) >= 11 is 0. The smallest absolute Gasteiger partial charge is 0.223 e. The summed E-state index contributed by atoms with van der Waals surface area (Å²) in [7, 11) is 0. The lowest BCUT2D eigenvalue weighted by Crippen LogP contribution is -2.38. The highest BCUT2D eigenvalue weighted by atomic mass is 19.1. The van der Waals surface area contributed by atoms with Gasteiger partial charge < -0.3 is 5.32 Å². The van der Waals surface area contributed by atoms with Gasteiger partial charge in [-0.1, -0.05) is 13.0 Å². The number of carbonyl (C=O) groups is 1. The summed E-state index contributed by atoms with van der Waals surface area (Å²) in [6, 6.07) is 7.50. The second kappa shape index (κ2) is 10.8. The van der Waals surface area contributed by atoms with Crippen molar-refractivity contribution >= 4 is 5.91 Å². The molecule has 38 heavy (non-hydrogen) atoms. The minimum atomic E-state index is -0.418. The first-order valence-corrected chi connectivity index (χ1v) is 13.1. The molecule has 4 aromatic heterocycles. The molecule has 0 aliphatic heterocycles. The van der Waals surface area contributed by atoms with Gasteiger partial charge in [0.15, 0.2) is 11.6 Å². The van der Waals surface area contributed by atoms with E-state index in [1.807, 2.05) is 39.0 Å². The number of aromatic amines is 1. The van der Waals surface area contributed by atoms with E-state index in [0.717, 1.165) is 59.6 Å². The molecule has 4 atom stereocenters. The topological polar surface area (TPSA) is 114 Å². The van der Waals surface area contributed by atoms with Crippen LogP contribution in [-0.2, 0) is 11.2 Å². The van der Waals surface area contributed by atoms with Crippen molar-refractivity contribution in [2.24, 2.45) is 11.8 Å². The molecule has 9 nitrogen and oxygen atoms in total. The number of pyridine rings is 1. The zero-order valence-corrected chi connectivity index (χ0v) is 22.1. The standard InChI is InChI=1S/C28H33FN8O/c1-16-9-20(27-32-17(2)10-23(34-27)12-24-11-18(3)35-36-24)5-7-25(16)28(38)33-19(4)21-6-8-26(30-13-21)37-15-22(29)14-31-37/h6,8,10-11,13-16,19-20,25H,5,7,9,12H2,1-4H3,(H,33,38)(H,35,36)/t16-,19-,20+,25+/m0/s1. The fraction of sp³-hybridized carbons (Fsp3) is 0.429. The van der Waals surface area contributed by atoms with Crippen LogP contribution in [0.25, 0.3) is 5.82 Å². The summed E-state index contributed by atoms with van der Waals surface area (Å²) in [6.07, 6.45) is 7.30. The molecule has 0 unspecified atom stereocenters. The lowest BCUT2D eigenvalue weighted by molar-refractivity contribution is -0.128. The van der Waals surface area contributed by atoms with Gasteiger partial charge in [0.2, 0.25) is 5.91 Å². The maximum atomic E-state index is 13.2. The largest absolute Gasteiger partial charge is 0.349 e. The number of rotatable bonds is 7. The molecule has 4 heterocycles. The molecule has 0 aromatic carbocycles. The van der Waals surface area contributed by atoms with Crippen LogP contribution in [0.4, 0.5) is 4.39 Å². The van der Waals surface area contributed by atoms with Gasteiger partial charge in [-0.25, -0.2) is 24.0 Å². The molecule has 0 spiro atoms. The molecule has 0 bridgehead atoms. The average Bonchev–Trinajstić information content (AvgIpc) is 3.51. The molecule has 1 saturated carbocycles. The summed E-state index contributed by atoms with van der Waals surface area (Å²) in [5, 5.41) is 14.4. The number of amides is 1. The highest BCUT2D eigenvalue weighted by molar-refractivity contribution is 5.79. The predicted octanol–water partition coefficient (Wildman–Crippen LogP) is 4.52. The maximum absolute atomic E-state index is 13.2. The third-order valence-electron chi connectivity index (χ3n) is 7.33. The second-order valence-corrected chi connectivity index (χ2v) is 10.5. The molecule has 5 rings (SSSR count). The van der Waals surface area contributed by atoms with Gasteiger partial charge in [-0.2, -0.15) is 10.2 Å². The van der Waals surface area contributed by atoms with Gasteiger partial charge in [0.05, 0.1) is 29.8 Å². The van der Waals surface area contributed by atoms with Crippen molar-refractivity contribution in [3.8, 4) is 5.82 Å². The SMILES string of the molecule is Cc1cc(Cc2cc(C)[nH]n2)nc([C@@H]2CC[C@@H](C(=O)N[C@@H](C)c3ccc(-n4cc(F)cn4)nc3)[C@@H](C)C2)n1. The Balaban J connectivity index is 1.19. The maximum Gasteiger partial charge on any atom is 0.223 e. The van der Waals surface area contributed by atoms with Crippen LogP contribution in [0, 0.1) is 31.5 Å². The van der Waals surface area contributed by atoms with Crippen molar-refractivity contribution in [1.82, 2.24) is 40.2 Å². The van der Waals surface area contributed by atoms with Crippen molar-refractivity contribution in [3.05, 3.63) is 82.8 Å². The first-order chi connectivity index (χ1) is 18.2. The molecule has 1 aliphatic rings. The number of aryl methyl sites for hydroxylation is 2. The summed E-state index contributed by atoms with van der Waals surface area (Å²) in [4.78, 5) is 27.2. The molecule has 1 aliphatic carbocycles. The number of carbonyl (C=O) groups excluding carboxylic acids is 1. The Labute approximate surface area is 221 Å². The van der Waals surface area contributed by atoms with Gasteiger partial charge in [0.1, 0.15) is 5.82 Å². The Morgan fingerprint density at radius 1 is 1.18 bits per heavy atom. The minimum absolute atomic E-state index is 0.0569. The Morgan fingerprint density at radius 2 is 2.03 bits per heavy atom. The van der Waals surface area contributed by atoms with Crippen molar-refractivity contribution in [2.75, 3.05) is 0 Å². The lowest BCUT2D eigenvalue weighted by Gasteiger charge is -2.33. The van der Waals surface area contributed by atoms with E-state index in [1.54, 1.807) is 12.3 Å². The zero-order valence-electron chi connectivity index (χ0n) is 22.1. The highest BCUT2D eigenvalue weighted by Crippen LogP contribution is 2.39. The van der Waals surface area contributed by atoms with E-state index >= 15 is 0 Å². The number of hydrogen-bond acceptors (Lipinski definition) is 6. The zero-order chi connectivity index (χ0) is 26.8. The molecule has 4 aromatic rings. The fourth-order valence-electron chi connectivity index (χ4n) is 5.32. The summed E-state index contributed by atoms with van der Waals surface area (Å²) in [5.74, 6) is 1.40. The molecule has 2 N–H and O–H groups in total. The molecule has 0 radical (unpaired) electrons. The van der Waals surface area contributed by atoms with Crippen LogP contribution in [0.15, 0.2) is 42.9 Å².